The molecule has 15 heavy (non-hydrogen) atoms. The molecule has 1 atom stereocenters. The quantitative estimate of drug-likeness (QED) is 0.789. The van der Waals surface area contributed by atoms with Crippen LogP contribution in [0.25, 0.3) is 0 Å². The van der Waals surface area contributed by atoms with Gasteiger partial charge in [-0.3, -0.25) is 4.98 Å². The molecule has 1 aliphatic carbocycles. The fourth-order valence-electron chi connectivity index (χ4n) is 2.21. The second-order valence-electron chi connectivity index (χ2n) is 4.56. The molecule has 82 valence electrons. The van der Waals surface area contributed by atoms with Crippen LogP contribution in [0.15, 0.2) is 18.3 Å². The van der Waals surface area contributed by atoms with Crippen molar-refractivity contribution in [2.45, 2.75) is 32.3 Å². The minimum Gasteiger partial charge on any atom is -0.388 e. The molecule has 1 aliphatic rings. The van der Waals surface area contributed by atoms with Crippen molar-refractivity contribution >= 4 is 0 Å². The van der Waals surface area contributed by atoms with E-state index in [9.17, 15) is 5.11 Å². The Morgan fingerprint density at radius 1 is 1.53 bits per heavy atom. The average molecular weight is 206 g/mol. The summed E-state index contributed by atoms with van der Waals surface area (Å²) in [6.07, 6.45) is 4.53. The summed E-state index contributed by atoms with van der Waals surface area (Å²) in [4.78, 5) is 4.21. The molecule has 1 aromatic heterocycles. The Bertz CT molecular complexity index is 324. The predicted molar refractivity (Wildman–Crippen MR) is 59.3 cm³/mol. The summed E-state index contributed by atoms with van der Waals surface area (Å²) in [6, 6.07) is 3.88. The van der Waals surface area contributed by atoms with E-state index in [4.69, 9.17) is 5.73 Å². The van der Waals surface area contributed by atoms with Gasteiger partial charge in [-0.1, -0.05) is 12.5 Å². The van der Waals surface area contributed by atoms with Gasteiger partial charge in [-0.2, -0.15) is 0 Å². The van der Waals surface area contributed by atoms with Crippen LogP contribution in [0.1, 0.15) is 36.6 Å². The standard InChI is InChI=1S/C12H18N2O/c1-9-3-4-10(7-14-9)11(15)12(8-13)5-2-6-12/h3-4,7,11,15H,2,5-6,8,13H2,1H3. The van der Waals surface area contributed by atoms with Gasteiger partial charge in [-0.15, -0.1) is 0 Å². The Hall–Kier alpha value is -0.930. The first-order chi connectivity index (χ1) is 7.18. The van der Waals surface area contributed by atoms with Crippen molar-refractivity contribution in [1.29, 1.82) is 0 Å². The molecular formula is C12H18N2O. The molecule has 3 nitrogen and oxygen atoms in total. The first-order valence-electron chi connectivity index (χ1n) is 5.49. The molecule has 0 bridgehead atoms. The minimum atomic E-state index is -0.454. The van der Waals surface area contributed by atoms with Gasteiger partial charge in [-0.05, 0) is 31.4 Å². The molecule has 3 N–H and O–H groups in total. The Balaban J connectivity index is 2.19. The van der Waals surface area contributed by atoms with Crippen molar-refractivity contribution in [3.8, 4) is 0 Å². The maximum Gasteiger partial charge on any atom is 0.0873 e. The number of aliphatic hydroxyl groups is 1. The number of aryl methyl sites for hydroxylation is 1. The van der Waals surface area contributed by atoms with Crippen LogP contribution in [0.5, 0.6) is 0 Å². The third kappa shape index (κ3) is 1.77. The molecule has 2 rings (SSSR count). The lowest BCUT2D eigenvalue weighted by Crippen LogP contribution is -2.42. The molecule has 1 saturated carbocycles. The number of hydrogen-bond donors (Lipinski definition) is 2. The van der Waals surface area contributed by atoms with Crippen molar-refractivity contribution in [3.63, 3.8) is 0 Å². The van der Waals surface area contributed by atoms with Gasteiger partial charge < -0.3 is 10.8 Å². The zero-order valence-corrected chi connectivity index (χ0v) is 9.11. The van der Waals surface area contributed by atoms with Gasteiger partial charge in [0.1, 0.15) is 0 Å². The largest absolute Gasteiger partial charge is 0.388 e. The van der Waals surface area contributed by atoms with E-state index in [0.717, 1.165) is 24.1 Å². The second kappa shape index (κ2) is 3.91. The summed E-state index contributed by atoms with van der Waals surface area (Å²) in [6.45, 7) is 2.50. The fourth-order valence-corrected chi connectivity index (χ4v) is 2.21. The van der Waals surface area contributed by atoms with Crippen molar-refractivity contribution in [1.82, 2.24) is 4.98 Å². The van der Waals surface area contributed by atoms with E-state index in [2.05, 4.69) is 4.98 Å². The van der Waals surface area contributed by atoms with Crippen molar-refractivity contribution in [3.05, 3.63) is 29.6 Å². The van der Waals surface area contributed by atoms with Crippen molar-refractivity contribution in [2.24, 2.45) is 11.1 Å². The normalized spacial score (nSPS) is 20.7. The van der Waals surface area contributed by atoms with Gasteiger partial charge in [0.2, 0.25) is 0 Å². The van der Waals surface area contributed by atoms with Crippen LogP contribution in [0, 0.1) is 12.3 Å². The lowest BCUT2D eigenvalue weighted by atomic mass is 9.64. The summed E-state index contributed by atoms with van der Waals surface area (Å²) < 4.78 is 0. The van der Waals surface area contributed by atoms with Crippen LogP contribution in [-0.4, -0.2) is 16.6 Å². The first-order valence-corrected chi connectivity index (χ1v) is 5.49. The van der Waals surface area contributed by atoms with Gasteiger partial charge in [0.05, 0.1) is 6.10 Å². The number of hydrogen-bond acceptors (Lipinski definition) is 3. The second-order valence-corrected chi connectivity index (χ2v) is 4.56. The molecular weight excluding hydrogens is 188 g/mol. The fraction of sp³-hybridized carbons (Fsp3) is 0.583. The minimum absolute atomic E-state index is 0.0864. The molecule has 0 aromatic carbocycles. The highest BCUT2D eigenvalue weighted by Crippen LogP contribution is 2.49. The van der Waals surface area contributed by atoms with E-state index in [1.165, 1.54) is 6.42 Å². The smallest absolute Gasteiger partial charge is 0.0873 e. The van der Waals surface area contributed by atoms with Gasteiger partial charge in [0, 0.05) is 23.9 Å². The molecule has 1 heterocycles. The topological polar surface area (TPSA) is 59.1 Å². The van der Waals surface area contributed by atoms with Gasteiger partial charge in [0.15, 0.2) is 0 Å². The molecule has 0 aliphatic heterocycles. The summed E-state index contributed by atoms with van der Waals surface area (Å²) in [5.41, 5.74) is 7.54. The molecule has 1 unspecified atom stereocenters. The zero-order valence-electron chi connectivity index (χ0n) is 9.11. The third-order valence-corrected chi connectivity index (χ3v) is 3.59. The SMILES string of the molecule is Cc1ccc(C(O)C2(CN)CCC2)cn1. The van der Waals surface area contributed by atoms with Crippen LogP contribution in [-0.2, 0) is 0 Å². The molecule has 0 amide bonds. The summed E-state index contributed by atoms with van der Waals surface area (Å²) in [7, 11) is 0. The molecule has 0 saturated heterocycles. The highest BCUT2D eigenvalue weighted by atomic mass is 16.3. The molecule has 3 heteroatoms. The number of aliphatic hydroxyl groups excluding tert-OH is 1. The van der Waals surface area contributed by atoms with E-state index in [0.29, 0.717) is 6.54 Å². The monoisotopic (exact) mass is 206 g/mol. The average Bonchev–Trinajstić information content (AvgIpc) is 2.18. The van der Waals surface area contributed by atoms with E-state index >= 15 is 0 Å². The Kier molecular flexibility index (Phi) is 2.76. The number of nitrogens with zero attached hydrogens (tertiary/aromatic N) is 1. The number of aromatic nitrogens is 1. The molecule has 1 aromatic rings. The molecule has 0 spiro atoms. The third-order valence-electron chi connectivity index (χ3n) is 3.59. The van der Waals surface area contributed by atoms with E-state index in [-0.39, 0.29) is 5.41 Å². The lowest BCUT2D eigenvalue weighted by Gasteiger charge is -2.44. The van der Waals surface area contributed by atoms with Crippen LogP contribution in [0.3, 0.4) is 0 Å². The van der Waals surface area contributed by atoms with Crippen molar-refractivity contribution < 1.29 is 5.11 Å². The molecule has 1 fully saturated rings. The highest BCUT2D eigenvalue weighted by molar-refractivity contribution is 5.19. The van der Waals surface area contributed by atoms with Crippen molar-refractivity contribution in [2.75, 3.05) is 6.54 Å². The summed E-state index contributed by atoms with van der Waals surface area (Å²) in [5, 5.41) is 10.3. The maximum atomic E-state index is 10.3. The molecule has 0 radical (unpaired) electrons. The Morgan fingerprint density at radius 2 is 2.27 bits per heavy atom. The van der Waals surface area contributed by atoms with E-state index in [1.54, 1.807) is 6.20 Å². The Labute approximate surface area is 90.3 Å². The summed E-state index contributed by atoms with van der Waals surface area (Å²) in [5.74, 6) is 0. The summed E-state index contributed by atoms with van der Waals surface area (Å²) >= 11 is 0. The first kappa shape index (κ1) is 10.6. The van der Waals surface area contributed by atoms with Gasteiger partial charge >= 0.3 is 0 Å². The zero-order chi connectivity index (χ0) is 10.9. The van der Waals surface area contributed by atoms with Gasteiger partial charge in [-0.25, -0.2) is 0 Å². The lowest BCUT2D eigenvalue weighted by molar-refractivity contribution is -0.0298. The van der Waals surface area contributed by atoms with Crippen LogP contribution in [0.2, 0.25) is 0 Å². The van der Waals surface area contributed by atoms with Gasteiger partial charge in [0.25, 0.3) is 0 Å². The number of nitrogens with two attached hydrogens (primary N) is 1. The number of rotatable bonds is 3. The number of pyridine rings is 1. The predicted octanol–water partition coefficient (Wildman–Crippen LogP) is 1.55. The van der Waals surface area contributed by atoms with E-state index < -0.39 is 6.10 Å². The maximum absolute atomic E-state index is 10.3. The van der Waals surface area contributed by atoms with Crippen LogP contribution >= 0.6 is 0 Å². The Morgan fingerprint density at radius 3 is 2.67 bits per heavy atom. The highest BCUT2D eigenvalue weighted by Gasteiger charge is 2.42. The van der Waals surface area contributed by atoms with Crippen LogP contribution in [0.4, 0.5) is 0 Å². The van der Waals surface area contributed by atoms with E-state index in [1.807, 2.05) is 19.1 Å². The van der Waals surface area contributed by atoms with Crippen LogP contribution < -0.4 is 5.73 Å².